The Kier molecular flexibility index (Phi) is 4.25. The molecule has 0 fully saturated rings. The number of nitrogens with zero attached hydrogens (tertiary/aromatic N) is 1. The van der Waals surface area contributed by atoms with Gasteiger partial charge in [-0.2, -0.15) is 0 Å². The van der Waals surface area contributed by atoms with Gasteiger partial charge in [-0.3, -0.25) is 10.1 Å². The fraction of sp³-hybridized carbons (Fsp3) is 0.0588. The van der Waals surface area contributed by atoms with Crippen LogP contribution in [-0.2, 0) is 6.42 Å². The van der Waals surface area contributed by atoms with Crippen molar-refractivity contribution in [1.29, 1.82) is 0 Å². The predicted molar refractivity (Wildman–Crippen MR) is 85.7 cm³/mol. The highest BCUT2D eigenvalue weighted by Crippen LogP contribution is 2.19. The van der Waals surface area contributed by atoms with Crippen molar-refractivity contribution in [2.75, 3.05) is 5.32 Å². The van der Waals surface area contributed by atoms with E-state index in [4.69, 9.17) is 0 Å². The molecular formula is C17H13FN2OS. The molecule has 1 amide bonds. The quantitative estimate of drug-likeness (QED) is 0.787. The maximum absolute atomic E-state index is 12.8. The SMILES string of the molecule is O=C(Nc1nc(Cc2ccccc2)cs1)c1ccc(F)cc1. The van der Waals surface area contributed by atoms with Crippen LogP contribution < -0.4 is 5.32 Å². The summed E-state index contributed by atoms with van der Waals surface area (Å²) >= 11 is 1.38. The molecule has 0 aliphatic heterocycles. The summed E-state index contributed by atoms with van der Waals surface area (Å²) in [4.78, 5) is 16.4. The molecular weight excluding hydrogens is 299 g/mol. The summed E-state index contributed by atoms with van der Waals surface area (Å²) in [7, 11) is 0. The molecule has 1 heterocycles. The number of rotatable bonds is 4. The van der Waals surface area contributed by atoms with Crippen LogP contribution in [0.4, 0.5) is 9.52 Å². The molecule has 3 nitrogen and oxygen atoms in total. The Labute approximate surface area is 131 Å². The molecule has 5 heteroatoms. The van der Waals surface area contributed by atoms with E-state index in [0.717, 1.165) is 12.1 Å². The highest BCUT2D eigenvalue weighted by Gasteiger charge is 2.09. The van der Waals surface area contributed by atoms with Crippen molar-refractivity contribution < 1.29 is 9.18 Å². The van der Waals surface area contributed by atoms with Crippen LogP contribution in [0.25, 0.3) is 0 Å². The van der Waals surface area contributed by atoms with Gasteiger partial charge in [0.15, 0.2) is 5.13 Å². The van der Waals surface area contributed by atoms with E-state index in [0.29, 0.717) is 10.7 Å². The van der Waals surface area contributed by atoms with Crippen LogP contribution in [-0.4, -0.2) is 10.9 Å². The third kappa shape index (κ3) is 3.56. The summed E-state index contributed by atoms with van der Waals surface area (Å²) < 4.78 is 12.8. The van der Waals surface area contributed by atoms with Gasteiger partial charge in [0.25, 0.3) is 5.91 Å². The Balaban J connectivity index is 1.66. The van der Waals surface area contributed by atoms with E-state index in [1.165, 1.54) is 41.2 Å². The second kappa shape index (κ2) is 6.49. The first-order chi connectivity index (χ1) is 10.7. The third-order valence-electron chi connectivity index (χ3n) is 3.11. The first-order valence-electron chi connectivity index (χ1n) is 6.76. The Hall–Kier alpha value is -2.53. The van der Waals surface area contributed by atoms with Crippen molar-refractivity contribution in [2.45, 2.75) is 6.42 Å². The Bertz CT molecular complexity index is 769. The Morgan fingerprint density at radius 3 is 2.55 bits per heavy atom. The lowest BCUT2D eigenvalue weighted by Crippen LogP contribution is -2.11. The van der Waals surface area contributed by atoms with Gasteiger partial charge >= 0.3 is 0 Å². The van der Waals surface area contributed by atoms with Gasteiger partial charge in [-0.25, -0.2) is 9.37 Å². The molecule has 0 bridgehead atoms. The summed E-state index contributed by atoms with van der Waals surface area (Å²) in [6, 6.07) is 15.4. The van der Waals surface area contributed by atoms with E-state index in [9.17, 15) is 9.18 Å². The zero-order chi connectivity index (χ0) is 15.4. The zero-order valence-electron chi connectivity index (χ0n) is 11.6. The molecule has 1 aromatic heterocycles. The lowest BCUT2D eigenvalue weighted by atomic mass is 10.1. The number of thiazole rings is 1. The maximum atomic E-state index is 12.8. The minimum Gasteiger partial charge on any atom is -0.298 e. The molecule has 0 radical (unpaired) electrons. The normalized spacial score (nSPS) is 10.4. The number of hydrogen-bond acceptors (Lipinski definition) is 3. The van der Waals surface area contributed by atoms with Crippen LogP contribution in [0, 0.1) is 5.82 Å². The average molecular weight is 312 g/mol. The summed E-state index contributed by atoms with van der Waals surface area (Å²) in [5, 5.41) is 5.20. The molecule has 0 aliphatic rings. The first kappa shape index (κ1) is 14.4. The summed E-state index contributed by atoms with van der Waals surface area (Å²) in [5.41, 5.74) is 2.48. The molecule has 3 aromatic rings. The van der Waals surface area contributed by atoms with Crippen LogP contribution in [0.1, 0.15) is 21.6 Å². The summed E-state index contributed by atoms with van der Waals surface area (Å²) in [6.07, 6.45) is 0.726. The number of nitrogens with one attached hydrogen (secondary N) is 1. The Morgan fingerprint density at radius 2 is 1.82 bits per heavy atom. The standard InChI is InChI=1S/C17H13FN2OS/c18-14-8-6-13(7-9-14)16(21)20-17-19-15(11-22-17)10-12-4-2-1-3-5-12/h1-9,11H,10H2,(H,19,20,21). The van der Waals surface area contributed by atoms with Crippen molar-refractivity contribution >= 4 is 22.4 Å². The predicted octanol–water partition coefficient (Wildman–Crippen LogP) is 4.13. The van der Waals surface area contributed by atoms with Gasteiger partial charge < -0.3 is 0 Å². The van der Waals surface area contributed by atoms with Gasteiger partial charge in [0.2, 0.25) is 0 Å². The number of carbonyl (C=O) groups is 1. The van der Waals surface area contributed by atoms with Crippen molar-refractivity contribution in [1.82, 2.24) is 4.98 Å². The number of amides is 1. The van der Waals surface area contributed by atoms with Crippen molar-refractivity contribution in [3.05, 3.63) is 82.6 Å². The maximum Gasteiger partial charge on any atom is 0.257 e. The van der Waals surface area contributed by atoms with E-state index < -0.39 is 0 Å². The van der Waals surface area contributed by atoms with Crippen LogP contribution in [0.15, 0.2) is 60.0 Å². The largest absolute Gasteiger partial charge is 0.298 e. The molecule has 22 heavy (non-hydrogen) atoms. The molecule has 1 N–H and O–H groups in total. The van der Waals surface area contributed by atoms with E-state index in [1.807, 2.05) is 35.7 Å². The number of hydrogen-bond donors (Lipinski definition) is 1. The van der Waals surface area contributed by atoms with Crippen molar-refractivity contribution in [3.8, 4) is 0 Å². The molecule has 3 rings (SSSR count). The average Bonchev–Trinajstić information content (AvgIpc) is 2.96. The van der Waals surface area contributed by atoms with Crippen LogP contribution in [0.5, 0.6) is 0 Å². The van der Waals surface area contributed by atoms with E-state index >= 15 is 0 Å². The third-order valence-corrected chi connectivity index (χ3v) is 3.91. The number of anilines is 1. The molecule has 0 atom stereocenters. The molecule has 0 spiro atoms. The smallest absolute Gasteiger partial charge is 0.257 e. The monoisotopic (exact) mass is 312 g/mol. The topological polar surface area (TPSA) is 42.0 Å². The molecule has 0 saturated carbocycles. The molecule has 0 unspecified atom stereocenters. The molecule has 0 aliphatic carbocycles. The van der Waals surface area contributed by atoms with Gasteiger partial charge in [0.05, 0.1) is 5.69 Å². The number of carbonyl (C=O) groups excluding carboxylic acids is 1. The molecule has 110 valence electrons. The van der Waals surface area contributed by atoms with Gasteiger partial charge in [-0.1, -0.05) is 30.3 Å². The highest BCUT2D eigenvalue weighted by atomic mass is 32.1. The van der Waals surface area contributed by atoms with Gasteiger partial charge in [0, 0.05) is 17.4 Å². The van der Waals surface area contributed by atoms with Crippen LogP contribution in [0.2, 0.25) is 0 Å². The van der Waals surface area contributed by atoms with E-state index in [-0.39, 0.29) is 11.7 Å². The number of benzene rings is 2. The Morgan fingerprint density at radius 1 is 1.09 bits per heavy atom. The minimum atomic E-state index is -0.365. The second-order valence-electron chi connectivity index (χ2n) is 4.77. The van der Waals surface area contributed by atoms with E-state index in [1.54, 1.807) is 0 Å². The lowest BCUT2D eigenvalue weighted by Gasteiger charge is -2.01. The minimum absolute atomic E-state index is 0.291. The number of aromatic nitrogens is 1. The fourth-order valence-electron chi connectivity index (χ4n) is 2.02. The summed E-state index contributed by atoms with van der Waals surface area (Å²) in [6.45, 7) is 0. The van der Waals surface area contributed by atoms with Crippen LogP contribution in [0.3, 0.4) is 0 Å². The fourth-order valence-corrected chi connectivity index (χ4v) is 2.73. The zero-order valence-corrected chi connectivity index (χ0v) is 12.4. The van der Waals surface area contributed by atoms with E-state index in [2.05, 4.69) is 10.3 Å². The van der Waals surface area contributed by atoms with Gasteiger partial charge in [-0.15, -0.1) is 11.3 Å². The molecule has 2 aromatic carbocycles. The molecule has 0 saturated heterocycles. The van der Waals surface area contributed by atoms with Crippen molar-refractivity contribution in [3.63, 3.8) is 0 Å². The van der Waals surface area contributed by atoms with Gasteiger partial charge in [0.1, 0.15) is 5.82 Å². The van der Waals surface area contributed by atoms with Gasteiger partial charge in [-0.05, 0) is 29.8 Å². The number of halogens is 1. The first-order valence-corrected chi connectivity index (χ1v) is 7.64. The second-order valence-corrected chi connectivity index (χ2v) is 5.63. The lowest BCUT2D eigenvalue weighted by molar-refractivity contribution is 0.102. The van der Waals surface area contributed by atoms with Crippen LogP contribution >= 0.6 is 11.3 Å². The van der Waals surface area contributed by atoms with Crippen molar-refractivity contribution in [2.24, 2.45) is 0 Å². The highest BCUT2D eigenvalue weighted by molar-refractivity contribution is 7.14. The summed E-state index contributed by atoms with van der Waals surface area (Å²) in [5.74, 6) is -0.656.